The Morgan fingerprint density at radius 1 is 0.676 bits per heavy atom. The van der Waals surface area contributed by atoms with E-state index >= 15 is 0 Å². The minimum absolute atomic E-state index is 0.0567. The maximum Gasteiger partial charge on any atom is 0.144 e. The number of rotatable bonds is 3. The molecule has 2 aromatic carbocycles. The van der Waals surface area contributed by atoms with Crippen molar-refractivity contribution in [3.63, 3.8) is 0 Å². The lowest BCUT2D eigenvalue weighted by atomic mass is 9.68. The van der Waals surface area contributed by atoms with E-state index in [2.05, 4.69) is 72.7 Å². The topological polar surface area (TPSA) is 35.5 Å². The van der Waals surface area contributed by atoms with E-state index in [0.717, 1.165) is 48.3 Å². The molecule has 1 aliphatic rings. The van der Waals surface area contributed by atoms with Gasteiger partial charge in [0.25, 0.3) is 0 Å². The van der Waals surface area contributed by atoms with Crippen molar-refractivity contribution in [2.45, 2.75) is 123 Å². The zero-order valence-corrected chi connectivity index (χ0v) is 25.2. The first-order chi connectivity index (χ1) is 17.2. The molecular formula is C34H50O3. The fourth-order valence-corrected chi connectivity index (χ4v) is 5.70. The molecule has 0 N–H and O–H groups in total. The largest absolute Gasteiger partial charge is 0.496 e. The number of fused-ring (bicyclic) bond motifs is 4. The van der Waals surface area contributed by atoms with Crippen molar-refractivity contribution >= 4 is 5.78 Å². The van der Waals surface area contributed by atoms with Gasteiger partial charge in [0.1, 0.15) is 17.3 Å². The Kier molecular flexibility index (Phi) is 8.87. The number of carbonyl (C=O) groups is 1. The number of carbonyl (C=O) groups excluding carboxylic acids is 1. The molecule has 2 aromatic rings. The summed E-state index contributed by atoms with van der Waals surface area (Å²) in [6.45, 7) is 17.3. The van der Waals surface area contributed by atoms with E-state index in [1.807, 2.05) is 0 Å². The number of hydrogen-bond donors (Lipinski definition) is 0. The van der Waals surface area contributed by atoms with Crippen molar-refractivity contribution in [2.24, 2.45) is 0 Å². The van der Waals surface area contributed by atoms with E-state index in [0.29, 0.717) is 0 Å². The van der Waals surface area contributed by atoms with Crippen molar-refractivity contribution in [3.8, 4) is 11.5 Å². The SMILES string of the molecule is COc1c2cc(C(C)(C)C)cc1C(C)(C(C)=O)c1cc(C(C)(C)C)cc(c1OC)CCCCCCCC2. The minimum atomic E-state index is -0.914. The summed E-state index contributed by atoms with van der Waals surface area (Å²) in [5.74, 6) is 1.80. The van der Waals surface area contributed by atoms with E-state index in [-0.39, 0.29) is 16.6 Å². The van der Waals surface area contributed by atoms with Crippen molar-refractivity contribution in [1.29, 1.82) is 0 Å². The Bertz CT molecular complexity index is 1030. The van der Waals surface area contributed by atoms with E-state index < -0.39 is 5.41 Å². The third kappa shape index (κ3) is 6.07. The Morgan fingerprint density at radius 2 is 1.03 bits per heavy atom. The molecule has 0 saturated heterocycles. The van der Waals surface area contributed by atoms with Gasteiger partial charge < -0.3 is 9.47 Å². The first kappa shape index (κ1) is 29.3. The van der Waals surface area contributed by atoms with Crippen LogP contribution in [0.1, 0.15) is 127 Å². The third-order valence-corrected chi connectivity index (χ3v) is 8.40. The standard InChI is InChI=1S/C34H50O3/c1-23(35)34(8)28-21-26(32(2,3)4)19-24(30(28)36-9)17-15-13-11-12-14-16-18-25-20-27(33(5,6)7)22-29(34)31(25)37-10/h19-22H,11-18H2,1-10H3. The highest BCUT2D eigenvalue weighted by Crippen LogP contribution is 2.48. The number of ether oxygens (including phenoxy) is 2. The van der Waals surface area contributed by atoms with E-state index in [1.165, 1.54) is 47.9 Å². The number of Topliss-reactive ketones (excluding diaryl/α,β-unsaturated/α-hetero) is 1. The number of methoxy groups -OCH3 is 2. The number of benzene rings is 2. The van der Waals surface area contributed by atoms with Crippen LogP contribution in [0.5, 0.6) is 11.5 Å². The maximum atomic E-state index is 13.9. The first-order valence-corrected chi connectivity index (χ1v) is 14.2. The van der Waals surface area contributed by atoms with Crippen LogP contribution in [-0.2, 0) is 33.9 Å². The molecule has 0 heterocycles. The second-order valence-electron chi connectivity index (χ2n) is 13.2. The van der Waals surface area contributed by atoms with Crippen LogP contribution in [0.2, 0.25) is 0 Å². The van der Waals surface area contributed by atoms with Gasteiger partial charge in [-0.2, -0.15) is 0 Å². The Morgan fingerprint density at radius 3 is 1.32 bits per heavy atom. The lowest BCUT2D eigenvalue weighted by Gasteiger charge is -2.35. The van der Waals surface area contributed by atoms with Gasteiger partial charge in [-0.25, -0.2) is 0 Å². The van der Waals surface area contributed by atoms with E-state index in [1.54, 1.807) is 21.1 Å². The molecule has 0 atom stereocenters. The molecule has 0 saturated carbocycles. The van der Waals surface area contributed by atoms with Gasteiger partial charge in [0, 0.05) is 11.1 Å². The number of hydrogen-bond acceptors (Lipinski definition) is 3. The predicted octanol–water partition coefficient (Wildman–Crippen LogP) is 8.63. The first-order valence-electron chi connectivity index (χ1n) is 14.2. The molecule has 0 amide bonds. The highest BCUT2D eigenvalue weighted by Gasteiger charge is 2.42. The zero-order chi connectivity index (χ0) is 27.6. The average Bonchev–Trinajstić information content (AvgIpc) is 2.82. The second-order valence-corrected chi connectivity index (χ2v) is 13.2. The van der Waals surface area contributed by atoms with Crippen LogP contribution in [0.25, 0.3) is 0 Å². The summed E-state index contributed by atoms with van der Waals surface area (Å²) in [5.41, 5.74) is 5.77. The van der Waals surface area contributed by atoms with Crippen LogP contribution in [-0.4, -0.2) is 20.0 Å². The maximum absolute atomic E-state index is 13.9. The highest BCUT2D eigenvalue weighted by molar-refractivity contribution is 5.93. The molecule has 0 aliphatic heterocycles. The van der Waals surface area contributed by atoms with Gasteiger partial charge in [-0.15, -0.1) is 0 Å². The summed E-state index contributed by atoms with van der Waals surface area (Å²) in [6.07, 6.45) is 9.11. The summed E-state index contributed by atoms with van der Waals surface area (Å²) in [4.78, 5) is 13.9. The van der Waals surface area contributed by atoms with E-state index in [9.17, 15) is 4.79 Å². The van der Waals surface area contributed by atoms with Crippen LogP contribution in [0.3, 0.4) is 0 Å². The Labute approximate surface area is 226 Å². The molecule has 3 heteroatoms. The highest BCUT2D eigenvalue weighted by atomic mass is 16.5. The van der Waals surface area contributed by atoms with E-state index in [4.69, 9.17) is 9.47 Å². The second kappa shape index (κ2) is 11.2. The molecule has 3 rings (SSSR count). The average molecular weight is 507 g/mol. The predicted molar refractivity (Wildman–Crippen MR) is 156 cm³/mol. The molecule has 3 nitrogen and oxygen atoms in total. The molecular weight excluding hydrogens is 456 g/mol. The van der Waals surface area contributed by atoms with Gasteiger partial charge in [-0.3, -0.25) is 4.79 Å². The quantitative estimate of drug-likeness (QED) is 0.418. The molecule has 0 spiro atoms. The molecule has 204 valence electrons. The lowest BCUT2D eigenvalue weighted by Crippen LogP contribution is -2.34. The van der Waals surface area contributed by atoms with Gasteiger partial charge in [-0.05, 0) is 72.6 Å². The molecule has 0 unspecified atom stereocenters. The van der Waals surface area contributed by atoms with Crippen LogP contribution in [0.4, 0.5) is 0 Å². The molecule has 4 bridgehead atoms. The van der Waals surface area contributed by atoms with Gasteiger partial charge in [0.05, 0.1) is 19.6 Å². The summed E-state index contributed by atoms with van der Waals surface area (Å²) >= 11 is 0. The normalized spacial score (nSPS) is 16.9. The monoisotopic (exact) mass is 506 g/mol. The molecule has 0 aromatic heterocycles. The number of ketones is 1. The fourth-order valence-electron chi connectivity index (χ4n) is 5.70. The summed E-state index contributed by atoms with van der Waals surface area (Å²) in [5, 5.41) is 0. The third-order valence-electron chi connectivity index (χ3n) is 8.40. The zero-order valence-electron chi connectivity index (χ0n) is 25.2. The number of aryl methyl sites for hydroxylation is 2. The van der Waals surface area contributed by atoms with Crippen molar-refractivity contribution in [3.05, 3.63) is 57.6 Å². The summed E-state index contributed by atoms with van der Waals surface area (Å²) < 4.78 is 12.3. The van der Waals surface area contributed by atoms with Gasteiger partial charge in [0.15, 0.2) is 0 Å². The van der Waals surface area contributed by atoms with Crippen LogP contribution >= 0.6 is 0 Å². The van der Waals surface area contributed by atoms with Crippen LogP contribution in [0.15, 0.2) is 24.3 Å². The smallest absolute Gasteiger partial charge is 0.144 e. The molecule has 0 radical (unpaired) electrons. The van der Waals surface area contributed by atoms with Crippen molar-refractivity contribution in [1.82, 2.24) is 0 Å². The fraction of sp³-hybridized carbons (Fsp3) is 0.618. The van der Waals surface area contributed by atoms with Crippen molar-refractivity contribution < 1.29 is 14.3 Å². The lowest BCUT2D eigenvalue weighted by molar-refractivity contribution is -0.120. The van der Waals surface area contributed by atoms with Crippen LogP contribution < -0.4 is 9.47 Å². The Hall–Kier alpha value is -2.29. The van der Waals surface area contributed by atoms with Gasteiger partial charge >= 0.3 is 0 Å². The Balaban J connectivity index is 2.49. The van der Waals surface area contributed by atoms with Gasteiger partial charge in [-0.1, -0.05) is 91.5 Å². The van der Waals surface area contributed by atoms with Crippen molar-refractivity contribution in [2.75, 3.05) is 14.2 Å². The minimum Gasteiger partial charge on any atom is -0.496 e. The van der Waals surface area contributed by atoms with Crippen LogP contribution in [0, 0.1) is 0 Å². The summed E-state index contributed by atoms with van der Waals surface area (Å²) in [7, 11) is 3.50. The summed E-state index contributed by atoms with van der Waals surface area (Å²) in [6, 6.07) is 9.08. The van der Waals surface area contributed by atoms with Gasteiger partial charge in [0.2, 0.25) is 0 Å². The molecule has 0 fully saturated rings. The molecule has 37 heavy (non-hydrogen) atoms. The molecule has 1 aliphatic carbocycles.